The fourth-order valence-electron chi connectivity index (χ4n) is 1.37. The summed E-state index contributed by atoms with van der Waals surface area (Å²) in [5.41, 5.74) is 6.98. The first-order chi connectivity index (χ1) is 6.59. The Kier molecular flexibility index (Phi) is 1.77. The highest BCUT2D eigenvalue weighted by atomic mass is 19.1. The van der Waals surface area contributed by atoms with Gasteiger partial charge in [0.1, 0.15) is 5.69 Å². The van der Waals surface area contributed by atoms with E-state index in [1.54, 1.807) is 24.9 Å². The van der Waals surface area contributed by atoms with Crippen LogP contribution in [0.5, 0.6) is 0 Å². The van der Waals surface area contributed by atoms with Gasteiger partial charge in [-0.1, -0.05) is 0 Å². The minimum absolute atomic E-state index is 0.122. The van der Waals surface area contributed by atoms with Crippen LogP contribution in [0.4, 0.5) is 10.2 Å². The van der Waals surface area contributed by atoms with E-state index in [1.165, 1.54) is 0 Å². The molecule has 2 heterocycles. The Balaban J connectivity index is 2.59. The van der Waals surface area contributed by atoms with Gasteiger partial charge in [0.05, 0.1) is 5.69 Å². The maximum Gasteiger partial charge on any atom is 0.192 e. The summed E-state index contributed by atoms with van der Waals surface area (Å²) >= 11 is 0. The Morgan fingerprint density at radius 1 is 1.57 bits per heavy atom. The van der Waals surface area contributed by atoms with Crippen LogP contribution in [0.1, 0.15) is 5.69 Å². The number of H-pyrrole nitrogens is 1. The first-order valence-corrected chi connectivity index (χ1v) is 4.09. The second-order valence-corrected chi connectivity index (χ2v) is 3.10. The molecule has 0 aliphatic heterocycles. The van der Waals surface area contributed by atoms with Crippen LogP contribution in [0.3, 0.4) is 0 Å². The minimum atomic E-state index is -0.527. The first-order valence-electron chi connectivity index (χ1n) is 4.09. The average Bonchev–Trinajstić information content (AvgIpc) is 2.59. The van der Waals surface area contributed by atoms with E-state index in [2.05, 4.69) is 15.3 Å². The molecule has 3 N–H and O–H groups in total. The van der Waals surface area contributed by atoms with Gasteiger partial charge in [0.25, 0.3) is 0 Å². The second-order valence-electron chi connectivity index (χ2n) is 3.10. The molecule has 0 saturated carbocycles. The lowest BCUT2D eigenvalue weighted by molar-refractivity contribution is 0.636. The van der Waals surface area contributed by atoms with Crippen LogP contribution in [-0.2, 0) is 7.05 Å². The van der Waals surface area contributed by atoms with Crippen LogP contribution in [0.2, 0.25) is 0 Å². The summed E-state index contributed by atoms with van der Waals surface area (Å²) in [4.78, 5) is 0. The number of aromatic nitrogens is 4. The molecule has 0 aliphatic rings. The number of hydrogen-bond donors (Lipinski definition) is 2. The van der Waals surface area contributed by atoms with Crippen LogP contribution in [0.15, 0.2) is 6.20 Å². The van der Waals surface area contributed by atoms with Crippen LogP contribution in [-0.4, -0.2) is 20.0 Å². The number of nitrogens with zero attached hydrogens (tertiary/aromatic N) is 3. The van der Waals surface area contributed by atoms with Crippen LogP contribution in [0, 0.1) is 12.7 Å². The molecule has 6 heteroatoms. The van der Waals surface area contributed by atoms with Crippen molar-refractivity contribution in [1.82, 2.24) is 20.0 Å². The lowest BCUT2D eigenvalue weighted by atomic mass is 10.2. The molecular formula is C8H10FN5. The predicted molar refractivity (Wildman–Crippen MR) is 49.9 cm³/mol. The highest BCUT2D eigenvalue weighted by molar-refractivity contribution is 5.64. The number of aryl methyl sites for hydroxylation is 2. The number of nitrogens with one attached hydrogen (secondary N) is 1. The third kappa shape index (κ3) is 1.15. The van der Waals surface area contributed by atoms with Gasteiger partial charge < -0.3 is 5.73 Å². The summed E-state index contributed by atoms with van der Waals surface area (Å²) in [6.07, 6.45) is 1.71. The number of halogens is 1. The third-order valence-electron chi connectivity index (χ3n) is 2.02. The van der Waals surface area contributed by atoms with E-state index in [-0.39, 0.29) is 11.5 Å². The van der Waals surface area contributed by atoms with Gasteiger partial charge in [0.2, 0.25) is 0 Å². The molecule has 0 unspecified atom stereocenters. The normalized spacial score (nSPS) is 10.8. The standard InChI is InChI=1S/C8H10FN5/c1-4-5(3-14(2)13-4)7-6(9)8(10)12-11-7/h3H,1-2H3,(H3,10,11,12). The van der Waals surface area contributed by atoms with Crippen molar-refractivity contribution in [3.05, 3.63) is 17.7 Å². The molecule has 0 radical (unpaired) electrons. The smallest absolute Gasteiger partial charge is 0.192 e. The Bertz CT molecular complexity index is 470. The summed E-state index contributed by atoms with van der Waals surface area (Å²) in [6, 6.07) is 0. The number of hydrogen-bond acceptors (Lipinski definition) is 3. The summed E-state index contributed by atoms with van der Waals surface area (Å²) in [7, 11) is 1.77. The van der Waals surface area contributed by atoms with Crippen molar-refractivity contribution in [3.8, 4) is 11.3 Å². The quantitative estimate of drug-likeness (QED) is 0.708. The molecule has 2 rings (SSSR count). The van der Waals surface area contributed by atoms with Gasteiger partial charge >= 0.3 is 0 Å². The molecule has 5 nitrogen and oxygen atoms in total. The van der Waals surface area contributed by atoms with Crippen LogP contribution in [0.25, 0.3) is 11.3 Å². The Morgan fingerprint density at radius 3 is 2.71 bits per heavy atom. The highest BCUT2D eigenvalue weighted by Gasteiger charge is 2.15. The van der Waals surface area contributed by atoms with Gasteiger partial charge in [-0.25, -0.2) is 4.39 Å². The van der Waals surface area contributed by atoms with E-state index >= 15 is 0 Å². The van der Waals surface area contributed by atoms with Gasteiger partial charge in [0.15, 0.2) is 11.6 Å². The maximum absolute atomic E-state index is 13.4. The highest BCUT2D eigenvalue weighted by Crippen LogP contribution is 2.25. The molecule has 0 fully saturated rings. The second kappa shape index (κ2) is 2.83. The van der Waals surface area contributed by atoms with Gasteiger partial charge in [0, 0.05) is 18.8 Å². The molecule has 0 atom stereocenters. The lowest BCUT2D eigenvalue weighted by Gasteiger charge is -1.92. The minimum Gasteiger partial charge on any atom is -0.380 e. The predicted octanol–water partition coefficient (Wildman–Crippen LogP) is 0.840. The first kappa shape index (κ1) is 8.74. The lowest BCUT2D eigenvalue weighted by Crippen LogP contribution is -1.87. The molecule has 2 aromatic heterocycles. The van der Waals surface area contributed by atoms with Crippen LogP contribution >= 0.6 is 0 Å². The van der Waals surface area contributed by atoms with Gasteiger partial charge in [-0.3, -0.25) is 9.78 Å². The van der Waals surface area contributed by atoms with Crippen molar-refractivity contribution in [2.45, 2.75) is 6.92 Å². The van der Waals surface area contributed by atoms with Crippen molar-refractivity contribution in [1.29, 1.82) is 0 Å². The number of nitrogen functional groups attached to an aromatic ring is 1. The Labute approximate surface area is 79.7 Å². The van der Waals surface area contributed by atoms with Crippen LogP contribution < -0.4 is 5.73 Å². The third-order valence-corrected chi connectivity index (χ3v) is 2.02. The molecule has 0 bridgehead atoms. The number of nitrogens with two attached hydrogens (primary N) is 1. The summed E-state index contributed by atoms with van der Waals surface area (Å²) < 4.78 is 15.0. The number of aromatic amines is 1. The molecule has 14 heavy (non-hydrogen) atoms. The molecule has 2 aromatic rings. The summed E-state index contributed by atoms with van der Waals surface area (Å²) in [5.74, 6) is -0.649. The maximum atomic E-state index is 13.4. The molecule has 0 saturated heterocycles. The number of rotatable bonds is 1. The molecule has 0 amide bonds. The van der Waals surface area contributed by atoms with Crippen molar-refractivity contribution < 1.29 is 4.39 Å². The van der Waals surface area contributed by atoms with Gasteiger partial charge in [-0.15, -0.1) is 0 Å². The Hall–Kier alpha value is -1.85. The fourth-order valence-corrected chi connectivity index (χ4v) is 1.37. The van der Waals surface area contributed by atoms with Crippen molar-refractivity contribution in [3.63, 3.8) is 0 Å². The zero-order chi connectivity index (χ0) is 10.3. The molecule has 0 aromatic carbocycles. The monoisotopic (exact) mass is 195 g/mol. The molecule has 74 valence electrons. The molecule has 0 aliphatic carbocycles. The fraction of sp³-hybridized carbons (Fsp3) is 0.250. The molecular weight excluding hydrogens is 185 g/mol. The van der Waals surface area contributed by atoms with Crippen molar-refractivity contribution in [2.24, 2.45) is 7.05 Å². The van der Waals surface area contributed by atoms with E-state index in [0.29, 0.717) is 5.56 Å². The molecule has 0 spiro atoms. The van der Waals surface area contributed by atoms with E-state index in [9.17, 15) is 4.39 Å². The Morgan fingerprint density at radius 2 is 2.29 bits per heavy atom. The zero-order valence-corrected chi connectivity index (χ0v) is 7.87. The SMILES string of the molecule is Cc1nn(C)cc1-c1[nH]nc(N)c1F. The summed E-state index contributed by atoms with van der Waals surface area (Å²) in [5, 5.41) is 10.2. The van der Waals surface area contributed by atoms with Gasteiger partial charge in [-0.2, -0.15) is 10.2 Å². The van der Waals surface area contributed by atoms with E-state index < -0.39 is 5.82 Å². The largest absolute Gasteiger partial charge is 0.380 e. The van der Waals surface area contributed by atoms with Crippen molar-refractivity contribution >= 4 is 5.82 Å². The van der Waals surface area contributed by atoms with Gasteiger partial charge in [-0.05, 0) is 6.92 Å². The van der Waals surface area contributed by atoms with E-state index in [4.69, 9.17) is 5.73 Å². The summed E-state index contributed by atoms with van der Waals surface area (Å²) in [6.45, 7) is 1.80. The average molecular weight is 195 g/mol. The topological polar surface area (TPSA) is 72.5 Å². The van der Waals surface area contributed by atoms with Crippen molar-refractivity contribution in [2.75, 3.05) is 5.73 Å². The number of anilines is 1. The van der Waals surface area contributed by atoms with E-state index in [0.717, 1.165) is 5.69 Å². The zero-order valence-electron chi connectivity index (χ0n) is 7.87. The van der Waals surface area contributed by atoms with E-state index in [1.807, 2.05) is 0 Å².